The van der Waals surface area contributed by atoms with Crippen molar-refractivity contribution in [3.63, 3.8) is 0 Å². The van der Waals surface area contributed by atoms with E-state index in [1.165, 1.54) is 56.5 Å². The summed E-state index contributed by atoms with van der Waals surface area (Å²) in [5, 5.41) is 4.00. The van der Waals surface area contributed by atoms with E-state index in [4.69, 9.17) is 14.2 Å². The van der Waals surface area contributed by atoms with Crippen LogP contribution in [0.5, 0.6) is 0 Å². The number of anilines is 1. The monoisotopic (exact) mass is 594 g/mol. The van der Waals surface area contributed by atoms with Gasteiger partial charge in [0.05, 0.1) is 32.7 Å². The van der Waals surface area contributed by atoms with Gasteiger partial charge in [0.15, 0.2) is 5.16 Å². The zero-order valence-corrected chi connectivity index (χ0v) is 26.3. The number of aromatic nitrogens is 2. The van der Waals surface area contributed by atoms with Gasteiger partial charge in [-0.1, -0.05) is 50.3 Å². The lowest BCUT2D eigenvalue weighted by atomic mass is 9.93. The van der Waals surface area contributed by atoms with Gasteiger partial charge in [0, 0.05) is 31.4 Å². The number of esters is 3. The average molecular weight is 595 g/mol. The summed E-state index contributed by atoms with van der Waals surface area (Å²) in [6.07, 6.45) is 16.3. The molecule has 0 saturated heterocycles. The molecule has 2 aliphatic rings. The van der Waals surface area contributed by atoms with Crippen molar-refractivity contribution in [2.75, 3.05) is 44.1 Å². The Morgan fingerprint density at radius 3 is 2.05 bits per heavy atom. The number of thioether (sulfide) groups is 1. The van der Waals surface area contributed by atoms with Crippen molar-refractivity contribution >= 4 is 35.5 Å². The van der Waals surface area contributed by atoms with E-state index in [9.17, 15) is 14.4 Å². The third-order valence-corrected chi connectivity index (χ3v) is 7.81. The molecule has 10 nitrogen and oxygen atoms in total. The number of carbonyl (C=O) groups is 3. The maximum absolute atomic E-state index is 12.5. The van der Waals surface area contributed by atoms with Crippen LogP contribution in [0.2, 0.25) is 0 Å². The van der Waals surface area contributed by atoms with Gasteiger partial charge in [-0.3, -0.25) is 9.59 Å². The molecule has 2 saturated carbocycles. The minimum absolute atomic E-state index is 0.0872. The lowest BCUT2D eigenvalue weighted by Gasteiger charge is -2.36. The van der Waals surface area contributed by atoms with Crippen molar-refractivity contribution in [1.82, 2.24) is 15.3 Å². The second-order valence-corrected chi connectivity index (χ2v) is 11.0. The van der Waals surface area contributed by atoms with Gasteiger partial charge in [-0.15, -0.1) is 0 Å². The summed E-state index contributed by atoms with van der Waals surface area (Å²) in [7, 11) is 0. The standard InChI is InChI=1S/C19H29N3O4S.C11H21NO2/c1-4-25-16(23)11-12-22(14-9-7-6-8-10-14)17-15(18(24)26-5-2)13-20-19(21-17)27-3;1-2-14-11(13)8-9-12-10-6-4-3-5-7-10/h13-14H,4-12H2,1-3H3;10,12H,2-9H2,1H3. The number of hydrogen-bond acceptors (Lipinski definition) is 11. The Morgan fingerprint density at radius 2 is 1.46 bits per heavy atom. The molecule has 232 valence electrons. The van der Waals surface area contributed by atoms with Crippen LogP contribution in [0, 0.1) is 0 Å². The second-order valence-electron chi connectivity index (χ2n) is 10.2. The third kappa shape index (κ3) is 13.0. The molecule has 0 spiro atoms. The Bertz CT molecular complexity index is 922. The number of nitrogens with one attached hydrogen (secondary N) is 1. The Morgan fingerprint density at radius 1 is 0.878 bits per heavy atom. The maximum atomic E-state index is 12.5. The van der Waals surface area contributed by atoms with Gasteiger partial charge in [0.1, 0.15) is 11.4 Å². The molecule has 1 aromatic heterocycles. The van der Waals surface area contributed by atoms with E-state index in [2.05, 4.69) is 20.2 Å². The molecule has 3 rings (SSSR count). The van der Waals surface area contributed by atoms with Crippen LogP contribution in [0.1, 0.15) is 108 Å². The molecule has 0 aliphatic heterocycles. The molecule has 0 aromatic carbocycles. The SMILES string of the molecule is CCOC(=O)CCN(c1nc(SC)ncc1C(=O)OCC)C1CCCCC1.CCOC(=O)CCNC1CCCCC1. The molecule has 2 aliphatic carbocycles. The fourth-order valence-electron chi connectivity index (χ4n) is 5.24. The highest BCUT2D eigenvalue weighted by Gasteiger charge is 2.28. The highest BCUT2D eigenvalue weighted by molar-refractivity contribution is 7.98. The zero-order valence-electron chi connectivity index (χ0n) is 25.5. The summed E-state index contributed by atoms with van der Waals surface area (Å²) >= 11 is 1.42. The fourth-order valence-corrected chi connectivity index (χ4v) is 5.58. The number of hydrogen-bond donors (Lipinski definition) is 1. The van der Waals surface area contributed by atoms with Crippen LogP contribution in [0.15, 0.2) is 11.4 Å². The molecule has 2 fully saturated rings. The van der Waals surface area contributed by atoms with Gasteiger partial charge >= 0.3 is 17.9 Å². The predicted octanol–water partition coefficient (Wildman–Crippen LogP) is 5.33. The highest BCUT2D eigenvalue weighted by atomic mass is 32.2. The maximum Gasteiger partial charge on any atom is 0.343 e. The zero-order chi connectivity index (χ0) is 29.9. The smallest absolute Gasteiger partial charge is 0.343 e. The van der Waals surface area contributed by atoms with Crippen molar-refractivity contribution in [2.24, 2.45) is 0 Å². The van der Waals surface area contributed by atoms with Crippen LogP contribution in [0.25, 0.3) is 0 Å². The quantitative estimate of drug-likeness (QED) is 0.130. The molecular weight excluding hydrogens is 544 g/mol. The number of nitrogens with zero attached hydrogens (tertiary/aromatic N) is 3. The number of carbonyl (C=O) groups excluding carboxylic acids is 3. The first kappa shape index (κ1) is 34.8. The van der Waals surface area contributed by atoms with Crippen molar-refractivity contribution in [3.05, 3.63) is 11.8 Å². The third-order valence-electron chi connectivity index (χ3n) is 7.25. The minimum Gasteiger partial charge on any atom is -0.466 e. The van der Waals surface area contributed by atoms with Gasteiger partial charge in [-0.2, -0.15) is 0 Å². The van der Waals surface area contributed by atoms with Gasteiger partial charge in [0.2, 0.25) is 0 Å². The topological polar surface area (TPSA) is 120 Å². The first-order valence-corrected chi connectivity index (χ1v) is 16.5. The van der Waals surface area contributed by atoms with Crippen molar-refractivity contribution in [3.8, 4) is 0 Å². The van der Waals surface area contributed by atoms with Crippen LogP contribution < -0.4 is 10.2 Å². The van der Waals surface area contributed by atoms with Crippen molar-refractivity contribution in [2.45, 2.75) is 115 Å². The molecule has 0 amide bonds. The van der Waals surface area contributed by atoms with E-state index in [1.807, 2.05) is 13.2 Å². The molecule has 1 aromatic rings. The van der Waals surface area contributed by atoms with E-state index in [0.29, 0.717) is 48.8 Å². The van der Waals surface area contributed by atoms with E-state index < -0.39 is 5.97 Å². The van der Waals surface area contributed by atoms with Crippen molar-refractivity contribution in [1.29, 1.82) is 0 Å². The molecule has 1 N–H and O–H groups in total. The molecular formula is C30H50N4O6S. The van der Waals surface area contributed by atoms with Gasteiger partial charge < -0.3 is 24.4 Å². The van der Waals surface area contributed by atoms with Gasteiger partial charge in [-0.25, -0.2) is 14.8 Å². The first-order chi connectivity index (χ1) is 19.9. The van der Waals surface area contributed by atoms with Gasteiger partial charge in [-0.05, 0) is 52.7 Å². The molecule has 41 heavy (non-hydrogen) atoms. The van der Waals surface area contributed by atoms with E-state index >= 15 is 0 Å². The summed E-state index contributed by atoms with van der Waals surface area (Å²) in [5.74, 6) is -0.202. The van der Waals surface area contributed by atoms with Crippen LogP contribution >= 0.6 is 11.8 Å². The van der Waals surface area contributed by atoms with Gasteiger partial charge in [0.25, 0.3) is 0 Å². The lowest BCUT2D eigenvalue weighted by molar-refractivity contribution is -0.143. The average Bonchev–Trinajstić information content (AvgIpc) is 2.99. The Balaban J connectivity index is 0.000000353. The van der Waals surface area contributed by atoms with Crippen LogP contribution in [0.4, 0.5) is 5.82 Å². The summed E-state index contributed by atoms with van der Waals surface area (Å²) < 4.78 is 15.1. The molecule has 1 heterocycles. The summed E-state index contributed by atoms with van der Waals surface area (Å²) in [6, 6.07) is 0.879. The Hall–Kier alpha value is -2.40. The molecule has 0 atom stereocenters. The molecule has 0 radical (unpaired) electrons. The summed E-state index contributed by atoms with van der Waals surface area (Å²) in [4.78, 5) is 46.4. The largest absolute Gasteiger partial charge is 0.466 e. The second kappa shape index (κ2) is 20.5. The molecule has 0 bridgehead atoms. The Kier molecular flexibility index (Phi) is 17.4. The van der Waals surface area contributed by atoms with E-state index in [-0.39, 0.29) is 31.0 Å². The summed E-state index contributed by atoms with van der Waals surface area (Å²) in [6.45, 7) is 7.77. The van der Waals surface area contributed by atoms with Crippen LogP contribution in [-0.4, -0.2) is 79.1 Å². The van der Waals surface area contributed by atoms with Crippen LogP contribution in [-0.2, 0) is 23.8 Å². The predicted molar refractivity (Wildman–Crippen MR) is 161 cm³/mol. The Labute approximate surface area is 250 Å². The summed E-state index contributed by atoms with van der Waals surface area (Å²) in [5.41, 5.74) is 0.351. The number of rotatable bonds is 14. The van der Waals surface area contributed by atoms with Crippen molar-refractivity contribution < 1.29 is 28.6 Å². The first-order valence-electron chi connectivity index (χ1n) is 15.3. The van der Waals surface area contributed by atoms with Crippen LogP contribution in [0.3, 0.4) is 0 Å². The molecule has 11 heteroatoms. The van der Waals surface area contributed by atoms with E-state index in [1.54, 1.807) is 13.8 Å². The molecule has 0 unspecified atom stereocenters. The minimum atomic E-state index is -0.433. The lowest BCUT2D eigenvalue weighted by Crippen LogP contribution is -2.40. The highest BCUT2D eigenvalue weighted by Crippen LogP contribution is 2.30. The normalized spacial score (nSPS) is 15.8. The number of ether oxygens (including phenoxy) is 3. The fraction of sp³-hybridized carbons (Fsp3) is 0.767. The van der Waals surface area contributed by atoms with E-state index in [0.717, 1.165) is 32.2 Å².